The van der Waals surface area contributed by atoms with Crippen LogP contribution in [0.15, 0.2) is 60.8 Å². The highest BCUT2D eigenvalue weighted by Gasteiger charge is 2.22. The molecule has 3 aromatic rings. The smallest absolute Gasteiger partial charge is 0.238 e. The number of para-hydroxylation sites is 2. The number of piperidine rings is 1. The Kier molecular flexibility index (Phi) is 5.68. The molecule has 2 heterocycles. The lowest BCUT2D eigenvalue weighted by Crippen LogP contribution is -2.42. The maximum atomic E-state index is 12.3. The predicted octanol–water partition coefficient (Wildman–Crippen LogP) is 3.62. The van der Waals surface area contributed by atoms with Crippen molar-refractivity contribution in [3.05, 3.63) is 66.4 Å². The summed E-state index contributed by atoms with van der Waals surface area (Å²) in [6.45, 7) is 2.07. The summed E-state index contributed by atoms with van der Waals surface area (Å²) in [5, 5.41) is 17.0. The molecule has 1 aromatic heterocycles. The van der Waals surface area contributed by atoms with Crippen LogP contribution in [0.5, 0.6) is 0 Å². The summed E-state index contributed by atoms with van der Waals surface area (Å²) in [6.07, 6.45) is 3.47. The molecule has 29 heavy (non-hydrogen) atoms. The number of fused-ring (bicyclic) bond motifs is 1. The molecule has 1 amide bonds. The molecule has 2 aromatic carbocycles. The van der Waals surface area contributed by atoms with Gasteiger partial charge in [0, 0.05) is 36.4 Å². The van der Waals surface area contributed by atoms with E-state index in [1.54, 1.807) is 6.20 Å². The van der Waals surface area contributed by atoms with Crippen molar-refractivity contribution < 1.29 is 4.79 Å². The molecular weight excluding hydrogens is 362 g/mol. The number of carbonyl (C=O) groups is 1. The van der Waals surface area contributed by atoms with E-state index in [-0.39, 0.29) is 11.9 Å². The van der Waals surface area contributed by atoms with Crippen molar-refractivity contribution in [2.24, 2.45) is 0 Å². The van der Waals surface area contributed by atoms with Crippen molar-refractivity contribution in [3.63, 3.8) is 0 Å². The van der Waals surface area contributed by atoms with Gasteiger partial charge in [-0.05, 0) is 31.0 Å². The topological polar surface area (TPSA) is 81.1 Å². The van der Waals surface area contributed by atoms with Gasteiger partial charge >= 0.3 is 0 Å². The Hall–Kier alpha value is -3.43. The van der Waals surface area contributed by atoms with E-state index < -0.39 is 0 Å². The van der Waals surface area contributed by atoms with Crippen LogP contribution in [0.3, 0.4) is 0 Å². The highest BCUT2D eigenvalue weighted by molar-refractivity contribution is 5.94. The number of nitrogens with one attached hydrogen (secondary N) is 2. The van der Waals surface area contributed by atoms with Gasteiger partial charge in [0.05, 0.1) is 23.3 Å². The van der Waals surface area contributed by atoms with Crippen LogP contribution in [-0.4, -0.2) is 41.5 Å². The number of amides is 1. The lowest BCUT2D eigenvalue weighted by Gasteiger charge is -2.32. The highest BCUT2D eigenvalue weighted by atomic mass is 16.2. The molecule has 4 rings (SSSR count). The number of likely N-dealkylation sites (tertiary alicyclic amines) is 1. The average Bonchev–Trinajstić information content (AvgIpc) is 2.76. The third-order valence-electron chi connectivity index (χ3n) is 5.26. The normalized spacial score (nSPS) is 15.0. The summed E-state index contributed by atoms with van der Waals surface area (Å²) >= 11 is 0. The molecule has 146 valence electrons. The summed E-state index contributed by atoms with van der Waals surface area (Å²) < 4.78 is 0. The molecule has 0 atom stereocenters. The Balaban J connectivity index is 1.35. The van der Waals surface area contributed by atoms with E-state index >= 15 is 0 Å². The number of pyridine rings is 1. The minimum Gasteiger partial charge on any atom is -0.381 e. The first-order valence-electron chi connectivity index (χ1n) is 9.84. The summed E-state index contributed by atoms with van der Waals surface area (Å²) in [5.41, 5.74) is 3.12. The SMILES string of the molecule is N#Cc1cnc2ccccc2c1NC1CCN(CC(=O)Nc2ccccc2)CC1. The fourth-order valence-corrected chi connectivity index (χ4v) is 3.75. The molecule has 1 fully saturated rings. The fourth-order valence-electron chi connectivity index (χ4n) is 3.75. The second-order valence-corrected chi connectivity index (χ2v) is 7.28. The van der Waals surface area contributed by atoms with E-state index in [4.69, 9.17) is 0 Å². The van der Waals surface area contributed by atoms with Gasteiger partial charge in [-0.25, -0.2) is 0 Å². The number of hydrogen-bond acceptors (Lipinski definition) is 5. The van der Waals surface area contributed by atoms with Gasteiger partial charge in [0.15, 0.2) is 0 Å². The largest absolute Gasteiger partial charge is 0.381 e. The lowest BCUT2D eigenvalue weighted by atomic mass is 10.0. The van der Waals surface area contributed by atoms with E-state index in [0.717, 1.165) is 48.2 Å². The Morgan fingerprint density at radius 2 is 1.83 bits per heavy atom. The number of benzene rings is 2. The number of nitriles is 1. The molecule has 0 radical (unpaired) electrons. The number of aromatic nitrogens is 1. The molecule has 2 N–H and O–H groups in total. The van der Waals surface area contributed by atoms with Crippen LogP contribution < -0.4 is 10.6 Å². The standard InChI is InChI=1S/C23H23N5O/c24-14-17-15-25-21-9-5-4-8-20(21)23(17)27-19-10-12-28(13-11-19)16-22(29)26-18-6-2-1-3-7-18/h1-9,15,19H,10-13,16H2,(H,25,27)(H,26,29). The van der Waals surface area contributed by atoms with Crippen LogP contribution >= 0.6 is 0 Å². The summed E-state index contributed by atoms with van der Waals surface area (Å²) in [4.78, 5) is 18.8. The van der Waals surface area contributed by atoms with Gasteiger partial charge in [-0.15, -0.1) is 0 Å². The van der Waals surface area contributed by atoms with E-state index in [9.17, 15) is 10.1 Å². The third-order valence-corrected chi connectivity index (χ3v) is 5.26. The minimum absolute atomic E-state index is 0.00880. The molecule has 0 saturated carbocycles. The Morgan fingerprint density at radius 1 is 1.10 bits per heavy atom. The van der Waals surface area contributed by atoms with Gasteiger partial charge in [0.25, 0.3) is 0 Å². The van der Waals surface area contributed by atoms with Crippen LogP contribution in [0.4, 0.5) is 11.4 Å². The van der Waals surface area contributed by atoms with Gasteiger partial charge in [0.1, 0.15) is 6.07 Å². The van der Waals surface area contributed by atoms with Gasteiger partial charge < -0.3 is 10.6 Å². The first kappa shape index (κ1) is 18.9. The van der Waals surface area contributed by atoms with Gasteiger partial charge in [-0.3, -0.25) is 14.7 Å². The van der Waals surface area contributed by atoms with Crippen molar-refractivity contribution in [1.29, 1.82) is 5.26 Å². The van der Waals surface area contributed by atoms with Gasteiger partial charge in [-0.1, -0.05) is 36.4 Å². The van der Waals surface area contributed by atoms with Crippen LogP contribution in [0, 0.1) is 11.3 Å². The molecule has 1 saturated heterocycles. The quantitative estimate of drug-likeness (QED) is 0.701. The minimum atomic E-state index is 0.00880. The first-order valence-corrected chi connectivity index (χ1v) is 9.84. The fraction of sp³-hybridized carbons (Fsp3) is 0.261. The van der Waals surface area contributed by atoms with Crippen LogP contribution in [0.2, 0.25) is 0 Å². The molecular formula is C23H23N5O. The van der Waals surface area contributed by atoms with Gasteiger partial charge in [-0.2, -0.15) is 5.26 Å². The van der Waals surface area contributed by atoms with Gasteiger partial charge in [0.2, 0.25) is 5.91 Å². The maximum Gasteiger partial charge on any atom is 0.238 e. The second-order valence-electron chi connectivity index (χ2n) is 7.28. The Morgan fingerprint density at radius 3 is 2.59 bits per heavy atom. The molecule has 0 aliphatic carbocycles. The Bertz CT molecular complexity index is 1040. The number of nitrogens with zero attached hydrogens (tertiary/aromatic N) is 3. The first-order chi connectivity index (χ1) is 14.2. The molecule has 6 nitrogen and oxygen atoms in total. The van der Waals surface area contributed by atoms with Crippen molar-refractivity contribution in [1.82, 2.24) is 9.88 Å². The van der Waals surface area contributed by atoms with Crippen molar-refractivity contribution in [2.75, 3.05) is 30.3 Å². The van der Waals surface area contributed by atoms with Crippen LogP contribution in [-0.2, 0) is 4.79 Å². The van der Waals surface area contributed by atoms with Crippen molar-refractivity contribution in [3.8, 4) is 6.07 Å². The number of anilines is 2. The maximum absolute atomic E-state index is 12.3. The number of hydrogen-bond donors (Lipinski definition) is 2. The van der Waals surface area contributed by atoms with Crippen LogP contribution in [0.25, 0.3) is 10.9 Å². The van der Waals surface area contributed by atoms with E-state index in [1.807, 2.05) is 54.6 Å². The van der Waals surface area contributed by atoms with Crippen molar-refractivity contribution in [2.45, 2.75) is 18.9 Å². The summed E-state index contributed by atoms with van der Waals surface area (Å²) in [5.74, 6) is 0.00880. The van der Waals surface area contributed by atoms with E-state index in [2.05, 4.69) is 26.6 Å². The third kappa shape index (κ3) is 4.53. The molecule has 0 unspecified atom stereocenters. The van der Waals surface area contributed by atoms with E-state index in [0.29, 0.717) is 12.1 Å². The zero-order chi connectivity index (χ0) is 20.1. The summed E-state index contributed by atoms with van der Waals surface area (Å²) in [7, 11) is 0. The highest BCUT2D eigenvalue weighted by Crippen LogP contribution is 2.27. The molecule has 0 spiro atoms. The van der Waals surface area contributed by atoms with Crippen molar-refractivity contribution >= 4 is 28.2 Å². The zero-order valence-corrected chi connectivity index (χ0v) is 16.1. The molecule has 6 heteroatoms. The average molecular weight is 385 g/mol. The zero-order valence-electron chi connectivity index (χ0n) is 16.1. The Labute approximate surface area is 170 Å². The number of carbonyl (C=O) groups excluding carboxylic acids is 1. The number of rotatable bonds is 5. The molecule has 1 aliphatic heterocycles. The van der Waals surface area contributed by atoms with E-state index in [1.165, 1.54) is 0 Å². The van der Waals surface area contributed by atoms with Crippen LogP contribution in [0.1, 0.15) is 18.4 Å². The molecule has 0 bridgehead atoms. The summed E-state index contributed by atoms with van der Waals surface area (Å²) in [6, 6.07) is 19.9. The predicted molar refractivity (Wildman–Crippen MR) is 115 cm³/mol. The second kappa shape index (κ2) is 8.72. The lowest BCUT2D eigenvalue weighted by molar-refractivity contribution is -0.117. The molecule has 1 aliphatic rings. The monoisotopic (exact) mass is 385 g/mol.